The first-order chi connectivity index (χ1) is 16.5. The smallest absolute Gasteiger partial charge is 0.243 e. The maximum absolute atomic E-state index is 13.6. The summed E-state index contributed by atoms with van der Waals surface area (Å²) in [4.78, 5) is 28.7. The first-order valence-corrected chi connectivity index (χ1v) is 12.2. The molecule has 0 spiro atoms. The Kier molecular flexibility index (Phi) is 9.45. The molecule has 34 heavy (non-hydrogen) atoms. The number of carbonyl (C=O) groups is 2. The number of carbonyl (C=O) groups excluding carboxylic acids is 2. The van der Waals surface area contributed by atoms with Crippen LogP contribution in [0.4, 0.5) is 0 Å². The summed E-state index contributed by atoms with van der Waals surface area (Å²) in [6.07, 6.45) is 2.35. The van der Waals surface area contributed by atoms with Gasteiger partial charge in [-0.05, 0) is 43.4 Å². The van der Waals surface area contributed by atoms with Crippen LogP contribution < -0.4 is 5.32 Å². The second kappa shape index (κ2) is 12.7. The summed E-state index contributed by atoms with van der Waals surface area (Å²) in [5, 5.41) is 3.03. The Labute approximate surface area is 204 Å². The van der Waals surface area contributed by atoms with Gasteiger partial charge < -0.3 is 10.2 Å². The van der Waals surface area contributed by atoms with E-state index in [0.29, 0.717) is 32.4 Å². The minimum atomic E-state index is -0.569. The molecule has 178 valence electrons. The van der Waals surface area contributed by atoms with Crippen LogP contribution in [0.15, 0.2) is 78.9 Å². The molecule has 0 radical (unpaired) electrons. The molecule has 0 saturated heterocycles. The van der Waals surface area contributed by atoms with E-state index in [1.54, 1.807) is 4.90 Å². The summed E-state index contributed by atoms with van der Waals surface area (Å²) in [6.45, 7) is 7.14. The van der Waals surface area contributed by atoms with E-state index in [2.05, 4.69) is 36.5 Å². The van der Waals surface area contributed by atoms with E-state index in [1.807, 2.05) is 68.4 Å². The standard InChI is InChI=1S/C30H36N2O2/c1-4-20-31-30(34)28(21-26-8-6-5-7-9-26)32(22-27-16-12-24(3)13-17-27)29(33)19-18-25-14-10-23(2)11-15-25/h5-17,28H,4,18-22H2,1-3H3,(H,31,34). The number of amides is 2. The van der Waals surface area contributed by atoms with Crippen LogP contribution in [0, 0.1) is 13.8 Å². The molecular formula is C30H36N2O2. The Bertz CT molecular complexity index is 1040. The van der Waals surface area contributed by atoms with Crippen LogP contribution in [0.25, 0.3) is 0 Å². The molecule has 1 atom stereocenters. The van der Waals surface area contributed by atoms with Gasteiger partial charge in [-0.15, -0.1) is 0 Å². The fraction of sp³-hybridized carbons (Fsp3) is 0.333. The van der Waals surface area contributed by atoms with Crippen LogP contribution in [0.3, 0.4) is 0 Å². The van der Waals surface area contributed by atoms with Crippen molar-refractivity contribution in [2.45, 2.75) is 59.0 Å². The van der Waals surface area contributed by atoms with Crippen molar-refractivity contribution in [3.05, 3.63) is 107 Å². The number of hydrogen-bond acceptors (Lipinski definition) is 2. The van der Waals surface area contributed by atoms with E-state index >= 15 is 0 Å². The molecule has 0 heterocycles. The van der Waals surface area contributed by atoms with Crippen molar-refractivity contribution in [3.63, 3.8) is 0 Å². The molecule has 3 aromatic carbocycles. The summed E-state index contributed by atoms with van der Waals surface area (Å²) in [7, 11) is 0. The minimum Gasteiger partial charge on any atom is -0.354 e. The number of aryl methyl sites for hydroxylation is 3. The predicted octanol–water partition coefficient (Wildman–Crippen LogP) is 5.40. The van der Waals surface area contributed by atoms with Gasteiger partial charge in [-0.2, -0.15) is 0 Å². The largest absolute Gasteiger partial charge is 0.354 e. The first-order valence-electron chi connectivity index (χ1n) is 12.2. The molecule has 0 aromatic heterocycles. The minimum absolute atomic E-state index is 0.00581. The first kappa shape index (κ1) is 25.2. The second-order valence-corrected chi connectivity index (χ2v) is 8.99. The van der Waals surface area contributed by atoms with Gasteiger partial charge in [-0.25, -0.2) is 0 Å². The van der Waals surface area contributed by atoms with Crippen LogP contribution in [0.5, 0.6) is 0 Å². The highest BCUT2D eigenvalue weighted by atomic mass is 16.2. The molecule has 4 heteroatoms. The van der Waals surface area contributed by atoms with Gasteiger partial charge in [0.25, 0.3) is 0 Å². The third kappa shape index (κ3) is 7.58. The average Bonchev–Trinajstić information content (AvgIpc) is 2.86. The molecule has 3 rings (SSSR count). The molecule has 2 amide bonds. The van der Waals surface area contributed by atoms with Crippen LogP contribution >= 0.6 is 0 Å². The topological polar surface area (TPSA) is 49.4 Å². The van der Waals surface area contributed by atoms with Gasteiger partial charge in [0.15, 0.2) is 0 Å². The molecule has 1 N–H and O–H groups in total. The quantitative estimate of drug-likeness (QED) is 0.420. The van der Waals surface area contributed by atoms with Crippen molar-refractivity contribution in [3.8, 4) is 0 Å². The second-order valence-electron chi connectivity index (χ2n) is 8.99. The molecule has 0 aliphatic heterocycles. The van der Waals surface area contributed by atoms with Crippen LogP contribution in [-0.2, 0) is 29.0 Å². The van der Waals surface area contributed by atoms with Gasteiger partial charge >= 0.3 is 0 Å². The lowest BCUT2D eigenvalue weighted by Gasteiger charge is -2.31. The van der Waals surface area contributed by atoms with Crippen molar-refractivity contribution >= 4 is 11.8 Å². The van der Waals surface area contributed by atoms with E-state index in [1.165, 1.54) is 11.1 Å². The molecule has 0 fully saturated rings. The molecule has 0 aliphatic rings. The highest BCUT2D eigenvalue weighted by molar-refractivity contribution is 5.88. The number of nitrogens with one attached hydrogen (secondary N) is 1. The zero-order valence-electron chi connectivity index (χ0n) is 20.6. The Balaban J connectivity index is 1.87. The van der Waals surface area contributed by atoms with E-state index in [4.69, 9.17) is 0 Å². The third-order valence-corrected chi connectivity index (χ3v) is 6.04. The normalized spacial score (nSPS) is 11.6. The van der Waals surface area contributed by atoms with Gasteiger partial charge in [0.2, 0.25) is 11.8 Å². The number of nitrogens with zero attached hydrogens (tertiary/aromatic N) is 1. The van der Waals surface area contributed by atoms with Gasteiger partial charge in [0.05, 0.1) is 0 Å². The Morgan fingerprint density at radius 2 is 1.38 bits per heavy atom. The lowest BCUT2D eigenvalue weighted by molar-refractivity contribution is -0.141. The highest BCUT2D eigenvalue weighted by Gasteiger charge is 2.30. The van der Waals surface area contributed by atoms with Gasteiger partial charge in [-0.3, -0.25) is 9.59 Å². The lowest BCUT2D eigenvalue weighted by atomic mass is 10.0. The number of rotatable bonds is 11. The Morgan fingerprint density at radius 3 is 1.97 bits per heavy atom. The predicted molar refractivity (Wildman–Crippen MR) is 138 cm³/mol. The van der Waals surface area contributed by atoms with Gasteiger partial charge in [-0.1, -0.05) is 96.9 Å². The van der Waals surface area contributed by atoms with E-state index in [0.717, 1.165) is 23.1 Å². The summed E-state index contributed by atoms with van der Waals surface area (Å²) < 4.78 is 0. The summed E-state index contributed by atoms with van der Waals surface area (Å²) in [5.74, 6) is -0.102. The molecule has 0 saturated carbocycles. The van der Waals surface area contributed by atoms with Crippen molar-refractivity contribution < 1.29 is 9.59 Å². The zero-order valence-corrected chi connectivity index (χ0v) is 20.6. The molecular weight excluding hydrogens is 420 g/mol. The zero-order chi connectivity index (χ0) is 24.3. The molecule has 4 nitrogen and oxygen atoms in total. The third-order valence-electron chi connectivity index (χ3n) is 6.04. The molecule has 0 bridgehead atoms. The fourth-order valence-electron chi connectivity index (χ4n) is 3.96. The maximum Gasteiger partial charge on any atom is 0.243 e. The Hall–Kier alpha value is -3.40. The fourth-order valence-corrected chi connectivity index (χ4v) is 3.96. The van der Waals surface area contributed by atoms with Crippen LogP contribution in [0.1, 0.15) is 47.6 Å². The molecule has 0 aliphatic carbocycles. The monoisotopic (exact) mass is 456 g/mol. The summed E-state index contributed by atoms with van der Waals surface area (Å²) in [5.41, 5.74) is 5.56. The molecule has 3 aromatic rings. The Morgan fingerprint density at radius 1 is 0.794 bits per heavy atom. The van der Waals surface area contributed by atoms with Crippen LogP contribution in [0.2, 0.25) is 0 Å². The van der Waals surface area contributed by atoms with E-state index in [9.17, 15) is 9.59 Å². The van der Waals surface area contributed by atoms with Crippen molar-refractivity contribution in [1.29, 1.82) is 0 Å². The SMILES string of the molecule is CCCNC(=O)C(Cc1ccccc1)N(Cc1ccc(C)cc1)C(=O)CCc1ccc(C)cc1. The van der Waals surface area contributed by atoms with Crippen molar-refractivity contribution in [1.82, 2.24) is 10.2 Å². The van der Waals surface area contributed by atoms with Crippen molar-refractivity contribution in [2.24, 2.45) is 0 Å². The number of benzene rings is 3. The lowest BCUT2D eigenvalue weighted by Crippen LogP contribution is -2.50. The highest BCUT2D eigenvalue weighted by Crippen LogP contribution is 2.17. The van der Waals surface area contributed by atoms with Gasteiger partial charge in [0, 0.05) is 25.9 Å². The average molecular weight is 457 g/mol. The summed E-state index contributed by atoms with van der Waals surface area (Å²) >= 11 is 0. The maximum atomic E-state index is 13.6. The van der Waals surface area contributed by atoms with Gasteiger partial charge in [0.1, 0.15) is 6.04 Å². The van der Waals surface area contributed by atoms with E-state index in [-0.39, 0.29) is 11.8 Å². The number of hydrogen-bond donors (Lipinski definition) is 1. The van der Waals surface area contributed by atoms with Crippen LogP contribution in [-0.4, -0.2) is 29.3 Å². The summed E-state index contributed by atoms with van der Waals surface area (Å²) in [6, 6.07) is 25.8. The van der Waals surface area contributed by atoms with Crippen molar-refractivity contribution in [2.75, 3.05) is 6.54 Å². The molecule has 1 unspecified atom stereocenters. The van der Waals surface area contributed by atoms with E-state index < -0.39 is 6.04 Å².